The summed E-state index contributed by atoms with van der Waals surface area (Å²) in [5.74, 6) is 2.99. The summed E-state index contributed by atoms with van der Waals surface area (Å²) in [5.41, 5.74) is 1.14. The van der Waals surface area contributed by atoms with E-state index in [9.17, 15) is 4.21 Å². The van der Waals surface area contributed by atoms with E-state index in [2.05, 4.69) is 20.1 Å². The first kappa shape index (κ1) is 20.3. The molecule has 0 radical (unpaired) electrons. The number of rotatable bonds is 7. The summed E-state index contributed by atoms with van der Waals surface area (Å²) >= 11 is 0. The van der Waals surface area contributed by atoms with Crippen molar-refractivity contribution in [2.45, 2.75) is 31.4 Å². The molecule has 0 amide bonds. The van der Waals surface area contributed by atoms with Crippen molar-refractivity contribution in [2.24, 2.45) is 10.9 Å². The molecule has 2 fully saturated rings. The zero-order valence-electron chi connectivity index (χ0n) is 16.6. The molecular weight excluding hydrogens is 356 g/mol. The maximum atomic E-state index is 12.3. The highest BCUT2D eigenvalue weighted by molar-refractivity contribution is 7.84. The lowest BCUT2D eigenvalue weighted by atomic mass is 10.1. The summed E-state index contributed by atoms with van der Waals surface area (Å²) in [7, 11) is 1.00. The molecule has 1 N–H and O–H groups in total. The highest BCUT2D eigenvalue weighted by Gasteiger charge is 2.26. The highest BCUT2D eigenvalue weighted by atomic mass is 32.2. The smallest absolute Gasteiger partial charge is 0.193 e. The van der Waals surface area contributed by atoms with Crippen LogP contribution in [-0.2, 0) is 16.6 Å². The van der Waals surface area contributed by atoms with Crippen molar-refractivity contribution >= 4 is 16.8 Å². The zero-order chi connectivity index (χ0) is 18.9. The molecule has 0 aliphatic carbocycles. The van der Waals surface area contributed by atoms with Crippen LogP contribution in [0.25, 0.3) is 0 Å². The number of piperidine rings is 1. The lowest BCUT2D eigenvalue weighted by Crippen LogP contribution is -2.42. The van der Waals surface area contributed by atoms with Crippen LogP contribution in [0.2, 0.25) is 0 Å². The van der Waals surface area contributed by atoms with Crippen molar-refractivity contribution in [3.05, 3.63) is 35.9 Å². The van der Waals surface area contributed by atoms with Gasteiger partial charge in [0.1, 0.15) is 0 Å². The van der Waals surface area contributed by atoms with Crippen LogP contribution in [0.15, 0.2) is 35.3 Å². The van der Waals surface area contributed by atoms with E-state index in [0.717, 1.165) is 30.5 Å². The quantitative estimate of drug-likeness (QED) is 0.573. The lowest BCUT2D eigenvalue weighted by molar-refractivity contribution is 0.198. The van der Waals surface area contributed by atoms with E-state index in [1.54, 1.807) is 0 Å². The van der Waals surface area contributed by atoms with Gasteiger partial charge in [0.05, 0.1) is 0 Å². The molecule has 2 aliphatic heterocycles. The summed E-state index contributed by atoms with van der Waals surface area (Å²) in [6.45, 7) is 6.65. The molecule has 150 valence electrons. The molecule has 6 heteroatoms. The van der Waals surface area contributed by atoms with Crippen molar-refractivity contribution in [2.75, 3.05) is 52.1 Å². The van der Waals surface area contributed by atoms with E-state index in [0.29, 0.717) is 18.1 Å². The maximum absolute atomic E-state index is 12.3. The Morgan fingerprint density at radius 3 is 2.70 bits per heavy atom. The number of benzene rings is 1. The first-order chi connectivity index (χ1) is 13.2. The van der Waals surface area contributed by atoms with Crippen LogP contribution in [0.4, 0.5) is 0 Å². The Labute approximate surface area is 166 Å². The third-order valence-electron chi connectivity index (χ3n) is 5.55. The average Bonchev–Trinajstić information content (AvgIpc) is 3.15. The Morgan fingerprint density at radius 2 is 1.96 bits per heavy atom. The third kappa shape index (κ3) is 6.61. The SMILES string of the molecule is CN=C(NCCS(=O)Cc1ccccc1)N1CCC(CN2CCCCC2)C1. The molecule has 1 aromatic carbocycles. The van der Waals surface area contributed by atoms with Crippen molar-refractivity contribution < 1.29 is 4.21 Å². The van der Waals surface area contributed by atoms with Crippen LogP contribution in [0.5, 0.6) is 0 Å². The Hall–Kier alpha value is -1.40. The first-order valence-corrected chi connectivity index (χ1v) is 11.8. The predicted octanol–water partition coefficient (Wildman–Crippen LogP) is 2.32. The van der Waals surface area contributed by atoms with Crippen LogP contribution in [-0.4, -0.2) is 72.0 Å². The molecule has 27 heavy (non-hydrogen) atoms. The number of nitrogens with one attached hydrogen (secondary N) is 1. The zero-order valence-corrected chi connectivity index (χ0v) is 17.4. The van der Waals surface area contributed by atoms with Gasteiger partial charge in [-0.05, 0) is 43.8 Å². The van der Waals surface area contributed by atoms with Gasteiger partial charge in [0, 0.05) is 55.5 Å². The molecule has 2 aliphatic rings. The van der Waals surface area contributed by atoms with Gasteiger partial charge in [-0.1, -0.05) is 36.8 Å². The van der Waals surface area contributed by atoms with Crippen LogP contribution >= 0.6 is 0 Å². The van der Waals surface area contributed by atoms with Gasteiger partial charge in [-0.3, -0.25) is 9.20 Å². The van der Waals surface area contributed by atoms with E-state index < -0.39 is 10.8 Å². The highest BCUT2D eigenvalue weighted by Crippen LogP contribution is 2.19. The number of guanidine groups is 1. The summed E-state index contributed by atoms with van der Waals surface area (Å²) in [5, 5.41) is 3.42. The van der Waals surface area contributed by atoms with E-state index in [-0.39, 0.29) is 0 Å². The largest absolute Gasteiger partial charge is 0.355 e. The molecule has 2 atom stereocenters. The molecule has 2 saturated heterocycles. The Morgan fingerprint density at radius 1 is 1.19 bits per heavy atom. The number of likely N-dealkylation sites (tertiary alicyclic amines) is 2. The van der Waals surface area contributed by atoms with Crippen LogP contribution < -0.4 is 5.32 Å². The monoisotopic (exact) mass is 390 g/mol. The summed E-state index contributed by atoms with van der Waals surface area (Å²) < 4.78 is 12.3. The van der Waals surface area contributed by atoms with E-state index in [1.807, 2.05) is 37.4 Å². The fraction of sp³-hybridized carbons (Fsp3) is 0.667. The maximum Gasteiger partial charge on any atom is 0.193 e. The van der Waals surface area contributed by atoms with Gasteiger partial charge in [-0.25, -0.2) is 0 Å². The normalized spacial score (nSPS) is 22.8. The second-order valence-corrected chi connectivity index (χ2v) is 9.29. The molecule has 0 spiro atoms. The van der Waals surface area contributed by atoms with Crippen LogP contribution in [0.1, 0.15) is 31.2 Å². The summed E-state index contributed by atoms with van der Waals surface area (Å²) in [6, 6.07) is 10.1. The fourth-order valence-corrected chi connectivity index (χ4v) is 5.16. The van der Waals surface area contributed by atoms with Gasteiger partial charge < -0.3 is 15.1 Å². The van der Waals surface area contributed by atoms with Gasteiger partial charge in [-0.15, -0.1) is 0 Å². The Bertz CT molecular complexity index is 616. The van der Waals surface area contributed by atoms with Crippen LogP contribution in [0.3, 0.4) is 0 Å². The minimum Gasteiger partial charge on any atom is -0.355 e. The molecular formula is C21H34N4OS. The van der Waals surface area contributed by atoms with Gasteiger partial charge in [-0.2, -0.15) is 0 Å². The van der Waals surface area contributed by atoms with Gasteiger partial charge >= 0.3 is 0 Å². The van der Waals surface area contributed by atoms with Crippen molar-refractivity contribution in [3.8, 4) is 0 Å². The van der Waals surface area contributed by atoms with Gasteiger partial charge in [0.15, 0.2) is 5.96 Å². The first-order valence-electron chi connectivity index (χ1n) is 10.3. The standard InChI is InChI=1S/C21H34N4OS/c1-22-21(23-11-15-27(26)18-19-8-4-2-5-9-19)25-14-10-20(17-25)16-24-12-6-3-7-13-24/h2,4-5,8-9,20H,3,6-7,10-18H2,1H3,(H,22,23). The molecule has 3 rings (SSSR count). The molecule has 2 heterocycles. The molecule has 0 saturated carbocycles. The third-order valence-corrected chi connectivity index (χ3v) is 6.86. The Kier molecular flexibility index (Phi) is 8.14. The van der Waals surface area contributed by atoms with E-state index >= 15 is 0 Å². The number of hydrogen-bond donors (Lipinski definition) is 1. The predicted molar refractivity (Wildman–Crippen MR) is 114 cm³/mol. The Balaban J connectivity index is 1.37. The van der Waals surface area contributed by atoms with Gasteiger partial charge in [0.25, 0.3) is 0 Å². The van der Waals surface area contributed by atoms with Crippen LogP contribution in [0, 0.1) is 5.92 Å². The molecule has 5 nitrogen and oxygen atoms in total. The van der Waals surface area contributed by atoms with E-state index in [4.69, 9.17) is 0 Å². The average molecular weight is 391 g/mol. The molecule has 2 unspecified atom stereocenters. The van der Waals surface area contributed by atoms with E-state index in [1.165, 1.54) is 45.3 Å². The van der Waals surface area contributed by atoms with Crippen molar-refractivity contribution in [3.63, 3.8) is 0 Å². The second-order valence-electron chi connectivity index (χ2n) is 7.71. The minimum atomic E-state index is -0.846. The summed E-state index contributed by atoms with van der Waals surface area (Å²) in [6.07, 6.45) is 5.37. The lowest BCUT2D eigenvalue weighted by Gasteiger charge is -2.29. The summed E-state index contributed by atoms with van der Waals surface area (Å²) in [4.78, 5) is 9.46. The fourth-order valence-electron chi connectivity index (χ4n) is 4.12. The van der Waals surface area contributed by atoms with Gasteiger partial charge in [0.2, 0.25) is 0 Å². The molecule has 0 aromatic heterocycles. The van der Waals surface area contributed by atoms with Crippen molar-refractivity contribution in [1.29, 1.82) is 0 Å². The number of aliphatic imine (C=N–C) groups is 1. The molecule has 1 aromatic rings. The number of hydrogen-bond acceptors (Lipinski definition) is 3. The van der Waals surface area contributed by atoms with Crippen molar-refractivity contribution in [1.82, 2.24) is 15.1 Å². The second kappa shape index (κ2) is 10.8. The number of nitrogens with zero attached hydrogens (tertiary/aromatic N) is 3. The topological polar surface area (TPSA) is 47.9 Å². The minimum absolute atomic E-state index is 0.628. The molecule has 0 bridgehead atoms.